The Morgan fingerprint density at radius 3 is 2.50 bits per heavy atom. The Hall–Kier alpha value is -0.590. The first-order chi connectivity index (χ1) is 9.11. The van der Waals surface area contributed by atoms with Crippen LogP contribution in [0.2, 0.25) is 0 Å². The highest BCUT2D eigenvalue weighted by atomic mass is 79.9. The fourth-order valence-electron chi connectivity index (χ4n) is 2.10. The summed E-state index contributed by atoms with van der Waals surface area (Å²) in [5, 5.41) is 2.95. The molecule has 0 radical (unpaired) electrons. The third kappa shape index (κ3) is 3.54. The second kappa shape index (κ2) is 5.31. The Kier molecular flexibility index (Phi) is 4.19. The van der Waals surface area contributed by atoms with Crippen LogP contribution in [0.3, 0.4) is 0 Å². The molecular weight excluding hydrogens is 366 g/mol. The summed E-state index contributed by atoms with van der Waals surface area (Å²) in [6.45, 7) is 3.94. The van der Waals surface area contributed by atoms with Crippen molar-refractivity contribution in [2.75, 3.05) is 0 Å². The minimum absolute atomic E-state index is 0.0863. The molecule has 1 aliphatic rings. The molecule has 20 heavy (non-hydrogen) atoms. The van der Waals surface area contributed by atoms with Crippen molar-refractivity contribution in [3.63, 3.8) is 0 Å². The molecule has 2 rings (SSSR count). The van der Waals surface area contributed by atoms with Crippen molar-refractivity contribution >= 4 is 41.6 Å². The lowest BCUT2D eigenvalue weighted by molar-refractivity contribution is 0.0902. The third-order valence-corrected chi connectivity index (χ3v) is 5.54. The van der Waals surface area contributed by atoms with E-state index < -0.39 is 9.05 Å². The number of carbonyl (C=O) groups excluding carboxylic acids is 1. The van der Waals surface area contributed by atoms with Crippen LogP contribution >= 0.6 is 26.6 Å². The van der Waals surface area contributed by atoms with Gasteiger partial charge in [-0.15, -0.1) is 0 Å². The Balaban J connectivity index is 2.29. The van der Waals surface area contributed by atoms with Crippen LogP contribution in [0, 0.1) is 5.92 Å². The molecule has 1 aliphatic carbocycles. The van der Waals surface area contributed by atoms with Gasteiger partial charge in [0.2, 0.25) is 0 Å². The number of halogens is 2. The maximum absolute atomic E-state index is 12.3. The van der Waals surface area contributed by atoms with Gasteiger partial charge in [-0.25, -0.2) is 8.42 Å². The zero-order valence-electron chi connectivity index (χ0n) is 11.1. The molecule has 4 nitrogen and oxygen atoms in total. The minimum atomic E-state index is -3.85. The Labute approximate surface area is 131 Å². The van der Waals surface area contributed by atoms with E-state index in [1.54, 1.807) is 0 Å². The molecule has 1 aromatic rings. The molecule has 0 spiro atoms. The van der Waals surface area contributed by atoms with E-state index in [0.717, 1.165) is 12.8 Å². The SMILES string of the molecule is CC(C)(NC(=O)c1cc(S(=O)(=O)Cl)ccc1Br)C1CC1. The van der Waals surface area contributed by atoms with E-state index in [9.17, 15) is 13.2 Å². The van der Waals surface area contributed by atoms with Crippen LogP contribution in [-0.2, 0) is 9.05 Å². The first-order valence-electron chi connectivity index (χ1n) is 6.18. The van der Waals surface area contributed by atoms with E-state index in [1.165, 1.54) is 18.2 Å². The smallest absolute Gasteiger partial charge is 0.261 e. The van der Waals surface area contributed by atoms with Crippen LogP contribution in [-0.4, -0.2) is 19.9 Å². The molecular formula is C13H15BrClNO3S. The van der Waals surface area contributed by atoms with Gasteiger partial charge in [0, 0.05) is 20.7 Å². The van der Waals surface area contributed by atoms with Crippen molar-refractivity contribution in [3.05, 3.63) is 28.2 Å². The standard InChI is InChI=1S/C13H15BrClNO3S/c1-13(2,8-3-4-8)16-12(17)10-7-9(20(15,18)19)5-6-11(10)14/h5-8H,3-4H2,1-2H3,(H,16,17). The lowest BCUT2D eigenvalue weighted by Gasteiger charge is -2.26. The van der Waals surface area contributed by atoms with Crippen LogP contribution in [0.4, 0.5) is 0 Å². The molecule has 0 saturated heterocycles. The summed E-state index contributed by atoms with van der Waals surface area (Å²) in [4.78, 5) is 12.2. The van der Waals surface area contributed by atoms with Gasteiger partial charge in [0.25, 0.3) is 15.0 Å². The monoisotopic (exact) mass is 379 g/mol. The fourth-order valence-corrected chi connectivity index (χ4v) is 3.30. The first kappa shape index (κ1) is 15.8. The van der Waals surface area contributed by atoms with Crippen molar-refractivity contribution in [2.24, 2.45) is 5.92 Å². The molecule has 1 saturated carbocycles. The molecule has 0 bridgehead atoms. The van der Waals surface area contributed by atoms with Crippen LogP contribution in [0.25, 0.3) is 0 Å². The Morgan fingerprint density at radius 1 is 1.40 bits per heavy atom. The third-order valence-electron chi connectivity index (χ3n) is 3.50. The van der Waals surface area contributed by atoms with Crippen molar-refractivity contribution in [3.8, 4) is 0 Å². The average Bonchev–Trinajstić information content (AvgIpc) is 3.10. The Bertz CT molecular complexity index is 654. The second-order valence-electron chi connectivity index (χ2n) is 5.53. The van der Waals surface area contributed by atoms with Crippen LogP contribution < -0.4 is 5.32 Å². The summed E-state index contributed by atoms with van der Waals surface area (Å²) in [7, 11) is 1.45. The van der Waals surface area contributed by atoms with Gasteiger partial charge in [-0.2, -0.15) is 0 Å². The largest absolute Gasteiger partial charge is 0.347 e. The maximum atomic E-state index is 12.3. The minimum Gasteiger partial charge on any atom is -0.347 e. The number of rotatable bonds is 4. The summed E-state index contributed by atoms with van der Waals surface area (Å²) >= 11 is 3.26. The van der Waals surface area contributed by atoms with E-state index in [0.29, 0.717) is 10.4 Å². The van der Waals surface area contributed by atoms with Gasteiger partial charge in [0.05, 0.1) is 10.5 Å². The van der Waals surface area contributed by atoms with E-state index in [1.807, 2.05) is 13.8 Å². The van der Waals surface area contributed by atoms with E-state index in [2.05, 4.69) is 21.2 Å². The number of hydrogen-bond donors (Lipinski definition) is 1. The van der Waals surface area contributed by atoms with E-state index in [-0.39, 0.29) is 21.9 Å². The van der Waals surface area contributed by atoms with E-state index in [4.69, 9.17) is 10.7 Å². The predicted octanol–water partition coefficient (Wildman–Crippen LogP) is 3.30. The number of benzene rings is 1. The lowest BCUT2D eigenvalue weighted by atomic mass is 9.98. The molecule has 7 heteroatoms. The summed E-state index contributed by atoms with van der Waals surface area (Å²) in [5.41, 5.74) is -0.0349. The van der Waals surface area contributed by atoms with Gasteiger partial charge in [-0.05, 0) is 66.7 Å². The highest BCUT2D eigenvalue weighted by Crippen LogP contribution is 2.39. The first-order valence-corrected chi connectivity index (χ1v) is 9.28. The van der Waals surface area contributed by atoms with Crippen LogP contribution in [0.1, 0.15) is 37.0 Å². The number of hydrogen-bond acceptors (Lipinski definition) is 3. The average molecular weight is 381 g/mol. The molecule has 0 aromatic heterocycles. The zero-order valence-corrected chi connectivity index (χ0v) is 14.3. The van der Waals surface area contributed by atoms with Gasteiger partial charge in [-0.1, -0.05) is 0 Å². The Morgan fingerprint density at radius 2 is 2.00 bits per heavy atom. The summed E-state index contributed by atoms with van der Waals surface area (Å²) in [6, 6.07) is 4.15. The van der Waals surface area contributed by atoms with Crippen molar-refractivity contribution in [2.45, 2.75) is 37.1 Å². The molecule has 0 heterocycles. The summed E-state index contributed by atoms with van der Waals surface area (Å²) in [5.74, 6) is 0.168. The molecule has 0 aliphatic heterocycles. The highest BCUT2D eigenvalue weighted by Gasteiger charge is 2.39. The molecule has 110 valence electrons. The molecule has 0 atom stereocenters. The fraction of sp³-hybridized carbons (Fsp3) is 0.462. The summed E-state index contributed by atoms with van der Waals surface area (Å²) in [6.07, 6.45) is 2.20. The topological polar surface area (TPSA) is 63.2 Å². The molecule has 1 fully saturated rings. The number of carbonyl (C=O) groups is 1. The van der Waals surface area contributed by atoms with Gasteiger partial charge in [0.15, 0.2) is 0 Å². The number of amides is 1. The summed E-state index contributed by atoms with van der Waals surface area (Å²) < 4.78 is 23.2. The van der Waals surface area contributed by atoms with Crippen LogP contribution in [0.5, 0.6) is 0 Å². The molecule has 1 amide bonds. The molecule has 0 unspecified atom stereocenters. The predicted molar refractivity (Wildman–Crippen MR) is 81.5 cm³/mol. The van der Waals surface area contributed by atoms with Gasteiger partial charge in [0.1, 0.15) is 0 Å². The van der Waals surface area contributed by atoms with Gasteiger partial charge in [-0.3, -0.25) is 4.79 Å². The van der Waals surface area contributed by atoms with E-state index >= 15 is 0 Å². The highest BCUT2D eigenvalue weighted by molar-refractivity contribution is 9.10. The lowest BCUT2D eigenvalue weighted by Crippen LogP contribution is -2.45. The molecule has 1 aromatic carbocycles. The maximum Gasteiger partial charge on any atom is 0.261 e. The van der Waals surface area contributed by atoms with Crippen molar-refractivity contribution in [1.82, 2.24) is 5.32 Å². The van der Waals surface area contributed by atoms with Gasteiger partial charge >= 0.3 is 0 Å². The van der Waals surface area contributed by atoms with Crippen molar-refractivity contribution < 1.29 is 13.2 Å². The van der Waals surface area contributed by atoms with Gasteiger partial charge < -0.3 is 5.32 Å². The number of nitrogens with one attached hydrogen (secondary N) is 1. The quantitative estimate of drug-likeness (QED) is 0.815. The normalized spacial score (nSPS) is 16.0. The second-order valence-corrected chi connectivity index (χ2v) is 8.95. The van der Waals surface area contributed by atoms with Crippen LogP contribution in [0.15, 0.2) is 27.6 Å². The molecule has 1 N–H and O–H groups in total. The zero-order chi connectivity index (χ0) is 15.1. The van der Waals surface area contributed by atoms with Crippen molar-refractivity contribution in [1.29, 1.82) is 0 Å².